The third-order valence-corrected chi connectivity index (χ3v) is 2.27. The molecule has 0 aliphatic heterocycles. The Kier molecular flexibility index (Phi) is 3.65. The first kappa shape index (κ1) is 9.64. The summed E-state index contributed by atoms with van der Waals surface area (Å²) in [4.78, 5) is 3.90. The summed E-state index contributed by atoms with van der Waals surface area (Å²) in [5.74, 6) is 0. The van der Waals surface area contributed by atoms with Crippen LogP contribution in [0.1, 0.15) is 18.1 Å². The Hall–Kier alpha value is -0.450. The second-order valence-electron chi connectivity index (χ2n) is 2.49. The summed E-state index contributed by atoms with van der Waals surface area (Å²) in [6.07, 6.45) is 3.39. The Balaban J connectivity index is 2.79. The molecule has 0 radical (unpaired) electrons. The highest BCUT2D eigenvalue weighted by atomic mass is 79.9. The summed E-state index contributed by atoms with van der Waals surface area (Å²) in [5, 5.41) is 9.56. The number of pyridine rings is 1. The Morgan fingerprint density at radius 2 is 2.42 bits per heavy atom. The van der Waals surface area contributed by atoms with Gasteiger partial charge in [0.2, 0.25) is 0 Å². The molecule has 1 rings (SSSR count). The molecule has 0 spiro atoms. The van der Waals surface area contributed by atoms with E-state index in [1.165, 1.54) is 0 Å². The van der Waals surface area contributed by atoms with Crippen LogP contribution < -0.4 is 5.73 Å². The largest absolute Gasteiger partial charge is 0.388 e. The first-order valence-corrected chi connectivity index (χ1v) is 4.52. The highest BCUT2D eigenvalue weighted by molar-refractivity contribution is 9.10. The van der Waals surface area contributed by atoms with Gasteiger partial charge < -0.3 is 10.8 Å². The third-order valence-electron chi connectivity index (χ3n) is 1.60. The van der Waals surface area contributed by atoms with Gasteiger partial charge in [-0.15, -0.1) is 0 Å². The van der Waals surface area contributed by atoms with Gasteiger partial charge in [-0.3, -0.25) is 4.98 Å². The lowest BCUT2D eigenvalue weighted by atomic mass is 10.1. The second-order valence-corrected chi connectivity index (χ2v) is 3.34. The molecule has 0 fully saturated rings. The van der Waals surface area contributed by atoms with E-state index in [0.717, 1.165) is 10.0 Å². The predicted octanol–water partition coefficient (Wildman–Crippen LogP) is 1.23. The van der Waals surface area contributed by atoms with Crippen LogP contribution in [0.25, 0.3) is 0 Å². The lowest BCUT2D eigenvalue weighted by Crippen LogP contribution is -2.07. The molecule has 0 saturated carbocycles. The number of nitrogens with zero attached hydrogens (tertiary/aromatic N) is 1. The lowest BCUT2D eigenvalue weighted by molar-refractivity contribution is 0.169. The normalized spacial score (nSPS) is 12.9. The van der Waals surface area contributed by atoms with Gasteiger partial charge in [-0.25, -0.2) is 0 Å². The summed E-state index contributed by atoms with van der Waals surface area (Å²) in [6.45, 7) is 0.482. The van der Waals surface area contributed by atoms with Gasteiger partial charge in [-0.1, -0.05) is 0 Å². The molecule has 0 saturated heterocycles. The predicted molar refractivity (Wildman–Crippen MR) is 50.6 cm³/mol. The van der Waals surface area contributed by atoms with E-state index in [2.05, 4.69) is 20.9 Å². The van der Waals surface area contributed by atoms with Gasteiger partial charge in [0.05, 0.1) is 6.10 Å². The molecule has 0 bridgehead atoms. The van der Waals surface area contributed by atoms with Crippen LogP contribution >= 0.6 is 15.9 Å². The number of halogens is 1. The van der Waals surface area contributed by atoms with Crippen molar-refractivity contribution in [3.8, 4) is 0 Å². The summed E-state index contributed by atoms with van der Waals surface area (Å²) in [5.41, 5.74) is 6.17. The van der Waals surface area contributed by atoms with E-state index in [-0.39, 0.29) is 0 Å². The topological polar surface area (TPSA) is 59.1 Å². The van der Waals surface area contributed by atoms with Crippen molar-refractivity contribution >= 4 is 15.9 Å². The van der Waals surface area contributed by atoms with E-state index >= 15 is 0 Å². The zero-order valence-electron chi connectivity index (χ0n) is 6.57. The van der Waals surface area contributed by atoms with Crippen molar-refractivity contribution in [2.45, 2.75) is 12.5 Å². The van der Waals surface area contributed by atoms with E-state index in [1.54, 1.807) is 18.5 Å². The average molecular weight is 231 g/mol. The van der Waals surface area contributed by atoms with Crippen molar-refractivity contribution in [2.75, 3.05) is 6.54 Å². The highest BCUT2D eigenvalue weighted by Crippen LogP contribution is 2.23. The second kappa shape index (κ2) is 4.54. The number of rotatable bonds is 3. The summed E-state index contributed by atoms with van der Waals surface area (Å²) >= 11 is 3.30. The Morgan fingerprint density at radius 3 is 3.00 bits per heavy atom. The van der Waals surface area contributed by atoms with Crippen molar-refractivity contribution < 1.29 is 5.11 Å². The van der Waals surface area contributed by atoms with Crippen LogP contribution in [-0.4, -0.2) is 16.6 Å². The minimum absolute atomic E-state index is 0.482. The van der Waals surface area contributed by atoms with Crippen LogP contribution in [-0.2, 0) is 0 Å². The molecule has 66 valence electrons. The number of hydrogen-bond donors (Lipinski definition) is 2. The van der Waals surface area contributed by atoms with Gasteiger partial charge in [0.1, 0.15) is 0 Å². The highest BCUT2D eigenvalue weighted by Gasteiger charge is 2.09. The monoisotopic (exact) mass is 230 g/mol. The molecule has 1 unspecified atom stereocenters. The first-order chi connectivity index (χ1) is 5.75. The van der Waals surface area contributed by atoms with Gasteiger partial charge in [-0.05, 0) is 40.5 Å². The average Bonchev–Trinajstić information content (AvgIpc) is 2.05. The van der Waals surface area contributed by atoms with Crippen LogP contribution in [0.15, 0.2) is 22.9 Å². The fourth-order valence-corrected chi connectivity index (χ4v) is 1.48. The quantitative estimate of drug-likeness (QED) is 0.822. The maximum atomic E-state index is 9.56. The number of aliphatic hydroxyl groups is 1. The van der Waals surface area contributed by atoms with Crippen LogP contribution in [0.5, 0.6) is 0 Å². The number of nitrogens with two attached hydrogens (primary N) is 1. The fraction of sp³-hybridized carbons (Fsp3) is 0.375. The zero-order chi connectivity index (χ0) is 8.97. The summed E-state index contributed by atoms with van der Waals surface area (Å²) in [6, 6.07) is 1.78. The van der Waals surface area contributed by atoms with E-state index in [4.69, 9.17) is 5.73 Å². The van der Waals surface area contributed by atoms with E-state index in [1.807, 2.05) is 0 Å². The minimum Gasteiger partial charge on any atom is -0.388 e. The first-order valence-electron chi connectivity index (χ1n) is 3.73. The van der Waals surface area contributed by atoms with Crippen LogP contribution in [0.3, 0.4) is 0 Å². The Labute approximate surface area is 79.7 Å². The molecule has 0 aliphatic rings. The molecule has 3 nitrogen and oxygen atoms in total. The van der Waals surface area contributed by atoms with Crippen LogP contribution in [0.2, 0.25) is 0 Å². The third kappa shape index (κ3) is 2.27. The summed E-state index contributed by atoms with van der Waals surface area (Å²) < 4.78 is 0.825. The van der Waals surface area contributed by atoms with E-state index in [0.29, 0.717) is 13.0 Å². The number of aromatic nitrogens is 1. The van der Waals surface area contributed by atoms with Gasteiger partial charge in [-0.2, -0.15) is 0 Å². The van der Waals surface area contributed by atoms with Gasteiger partial charge in [0.25, 0.3) is 0 Å². The van der Waals surface area contributed by atoms with Gasteiger partial charge in [0.15, 0.2) is 0 Å². The Morgan fingerprint density at radius 1 is 1.67 bits per heavy atom. The van der Waals surface area contributed by atoms with Gasteiger partial charge >= 0.3 is 0 Å². The maximum absolute atomic E-state index is 9.56. The zero-order valence-corrected chi connectivity index (χ0v) is 8.16. The molecule has 0 amide bonds. The van der Waals surface area contributed by atoms with Gasteiger partial charge in [0, 0.05) is 16.9 Å². The lowest BCUT2D eigenvalue weighted by Gasteiger charge is -2.10. The molecular formula is C8H11BrN2O. The molecular weight excluding hydrogens is 220 g/mol. The Bertz CT molecular complexity index is 255. The molecule has 0 aromatic carbocycles. The maximum Gasteiger partial charge on any atom is 0.0814 e. The summed E-state index contributed by atoms with van der Waals surface area (Å²) in [7, 11) is 0. The molecule has 1 aromatic rings. The van der Waals surface area contributed by atoms with Crippen molar-refractivity contribution in [1.82, 2.24) is 4.98 Å². The fourth-order valence-electron chi connectivity index (χ4n) is 0.970. The number of aliphatic hydroxyl groups excluding tert-OH is 1. The molecule has 12 heavy (non-hydrogen) atoms. The molecule has 0 aliphatic carbocycles. The molecule has 4 heteroatoms. The molecule has 1 heterocycles. The molecule has 1 aromatic heterocycles. The van der Waals surface area contributed by atoms with Crippen molar-refractivity contribution in [3.05, 3.63) is 28.5 Å². The van der Waals surface area contributed by atoms with Crippen molar-refractivity contribution in [3.63, 3.8) is 0 Å². The van der Waals surface area contributed by atoms with E-state index < -0.39 is 6.10 Å². The minimum atomic E-state index is -0.493. The van der Waals surface area contributed by atoms with Crippen molar-refractivity contribution in [2.24, 2.45) is 5.73 Å². The van der Waals surface area contributed by atoms with Crippen LogP contribution in [0.4, 0.5) is 0 Å². The SMILES string of the molecule is NCCC(O)c1ccncc1Br. The van der Waals surface area contributed by atoms with Crippen molar-refractivity contribution in [1.29, 1.82) is 0 Å². The van der Waals surface area contributed by atoms with E-state index in [9.17, 15) is 5.11 Å². The number of hydrogen-bond acceptors (Lipinski definition) is 3. The standard InChI is InChI=1S/C8H11BrN2O/c9-7-5-11-4-2-6(7)8(12)1-3-10/h2,4-5,8,12H,1,3,10H2. The molecule has 1 atom stereocenters. The smallest absolute Gasteiger partial charge is 0.0814 e. The molecule has 3 N–H and O–H groups in total. The van der Waals surface area contributed by atoms with Crippen LogP contribution in [0, 0.1) is 0 Å².